The van der Waals surface area contributed by atoms with Crippen molar-refractivity contribution in [2.45, 2.75) is 19.4 Å². The van der Waals surface area contributed by atoms with Crippen molar-refractivity contribution >= 4 is 34.6 Å². The van der Waals surface area contributed by atoms with Crippen LogP contribution in [0.2, 0.25) is 5.02 Å². The lowest BCUT2D eigenvalue weighted by Gasteiger charge is -2.24. The molecular formula is C17H17ClN4S. The Kier molecular flexibility index (Phi) is 4.88. The minimum Gasteiger partial charge on any atom is -0.361 e. The smallest absolute Gasteiger partial charge is 0.190 e. The van der Waals surface area contributed by atoms with Crippen LogP contribution in [0.4, 0.5) is 0 Å². The third-order valence-corrected chi connectivity index (χ3v) is 4.25. The van der Waals surface area contributed by atoms with Gasteiger partial charge in [-0.25, -0.2) is 5.01 Å². The molecule has 0 fully saturated rings. The van der Waals surface area contributed by atoms with E-state index < -0.39 is 0 Å². The molecule has 0 bridgehead atoms. The third-order valence-electron chi connectivity index (χ3n) is 3.66. The van der Waals surface area contributed by atoms with Gasteiger partial charge in [0.05, 0.1) is 17.4 Å². The van der Waals surface area contributed by atoms with Crippen molar-refractivity contribution in [2.24, 2.45) is 5.10 Å². The molecule has 0 amide bonds. The number of nitrogens with zero attached hydrogens (tertiary/aromatic N) is 3. The van der Waals surface area contributed by atoms with Gasteiger partial charge in [0.1, 0.15) is 0 Å². The molecule has 2 heterocycles. The second-order valence-electron chi connectivity index (χ2n) is 5.21. The van der Waals surface area contributed by atoms with Crippen molar-refractivity contribution in [1.82, 2.24) is 15.3 Å². The molecule has 118 valence electrons. The Morgan fingerprint density at radius 3 is 2.74 bits per heavy atom. The Labute approximate surface area is 146 Å². The van der Waals surface area contributed by atoms with Crippen LogP contribution in [0, 0.1) is 0 Å². The number of pyridine rings is 1. The number of rotatable bonds is 3. The van der Waals surface area contributed by atoms with E-state index in [1.165, 1.54) is 0 Å². The Bertz CT molecular complexity index is 715. The summed E-state index contributed by atoms with van der Waals surface area (Å²) in [5.74, 6) is 0. The lowest BCUT2D eigenvalue weighted by molar-refractivity contribution is 0.365. The molecule has 2 aromatic rings. The van der Waals surface area contributed by atoms with Crippen molar-refractivity contribution in [1.29, 1.82) is 0 Å². The van der Waals surface area contributed by atoms with Crippen molar-refractivity contribution in [3.63, 3.8) is 0 Å². The van der Waals surface area contributed by atoms with Gasteiger partial charge in [-0.15, -0.1) is 0 Å². The summed E-state index contributed by atoms with van der Waals surface area (Å²) in [7, 11) is 0. The highest BCUT2D eigenvalue weighted by molar-refractivity contribution is 7.80. The van der Waals surface area contributed by atoms with Crippen LogP contribution in [0.3, 0.4) is 0 Å². The summed E-state index contributed by atoms with van der Waals surface area (Å²) in [5.41, 5.74) is 2.95. The zero-order valence-corrected chi connectivity index (χ0v) is 14.3. The van der Waals surface area contributed by atoms with Crippen LogP contribution in [-0.2, 0) is 0 Å². The average molecular weight is 345 g/mol. The van der Waals surface area contributed by atoms with Crippen LogP contribution >= 0.6 is 23.8 Å². The maximum Gasteiger partial charge on any atom is 0.190 e. The van der Waals surface area contributed by atoms with E-state index in [1.807, 2.05) is 54.4 Å². The Morgan fingerprint density at radius 1 is 1.30 bits per heavy atom. The predicted molar refractivity (Wildman–Crippen MR) is 97.7 cm³/mol. The van der Waals surface area contributed by atoms with Crippen LogP contribution in [-0.4, -0.2) is 27.4 Å². The Morgan fingerprint density at radius 2 is 2.09 bits per heavy atom. The van der Waals surface area contributed by atoms with Gasteiger partial charge in [-0.05, 0) is 49.0 Å². The van der Waals surface area contributed by atoms with Crippen molar-refractivity contribution in [2.75, 3.05) is 6.54 Å². The van der Waals surface area contributed by atoms with E-state index in [0.29, 0.717) is 5.11 Å². The lowest BCUT2D eigenvalue weighted by atomic mass is 10.0. The maximum atomic E-state index is 6.00. The van der Waals surface area contributed by atoms with Gasteiger partial charge in [-0.2, -0.15) is 5.10 Å². The quantitative estimate of drug-likeness (QED) is 0.860. The molecule has 4 nitrogen and oxygen atoms in total. The van der Waals surface area contributed by atoms with Crippen molar-refractivity contribution in [3.8, 4) is 0 Å². The first kappa shape index (κ1) is 15.9. The highest BCUT2D eigenvalue weighted by atomic mass is 35.5. The minimum absolute atomic E-state index is 0.0517. The van der Waals surface area contributed by atoms with Gasteiger partial charge in [-0.3, -0.25) is 4.98 Å². The van der Waals surface area contributed by atoms with Gasteiger partial charge in [0.25, 0.3) is 0 Å². The first-order chi connectivity index (χ1) is 11.2. The van der Waals surface area contributed by atoms with Crippen LogP contribution in [0.25, 0.3) is 0 Å². The highest BCUT2D eigenvalue weighted by Crippen LogP contribution is 2.32. The molecule has 23 heavy (non-hydrogen) atoms. The standard InChI is InChI=1S/C17H17ClN4S/c1-2-19-17(23)22-16(12-6-8-13(18)9-7-12)11-15(21-22)14-5-3-4-10-20-14/h3-10,16H,2,11H2,1H3,(H,19,23). The molecule has 1 unspecified atom stereocenters. The molecule has 3 rings (SSSR count). The molecule has 0 aliphatic carbocycles. The topological polar surface area (TPSA) is 40.5 Å². The lowest BCUT2D eigenvalue weighted by Crippen LogP contribution is -2.36. The highest BCUT2D eigenvalue weighted by Gasteiger charge is 2.31. The number of aromatic nitrogens is 1. The van der Waals surface area contributed by atoms with E-state index in [1.54, 1.807) is 6.20 Å². The fourth-order valence-corrected chi connectivity index (χ4v) is 3.00. The van der Waals surface area contributed by atoms with E-state index in [4.69, 9.17) is 28.9 Å². The SMILES string of the molecule is CCNC(=S)N1N=C(c2ccccn2)CC1c1ccc(Cl)cc1. The molecule has 1 atom stereocenters. The first-order valence-electron chi connectivity index (χ1n) is 7.50. The number of hydrazone groups is 1. The van der Waals surface area contributed by atoms with Gasteiger partial charge in [0.2, 0.25) is 0 Å². The zero-order chi connectivity index (χ0) is 16.2. The van der Waals surface area contributed by atoms with Gasteiger partial charge in [-0.1, -0.05) is 29.8 Å². The fourth-order valence-electron chi connectivity index (χ4n) is 2.56. The summed E-state index contributed by atoms with van der Waals surface area (Å²) in [4.78, 5) is 4.40. The first-order valence-corrected chi connectivity index (χ1v) is 8.29. The molecule has 0 saturated carbocycles. The molecule has 6 heteroatoms. The molecule has 1 aliphatic rings. The fraction of sp³-hybridized carbons (Fsp3) is 0.235. The summed E-state index contributed by atoms with van der Waals surface area (Å²) in [5, 5.41) is 11.1. The summed E-state index contributed by atoms with van der Waals surface area (Å²) < 4.78 is 0. The molecule has 0 saturated heterocycles. The largest absolute Gasteiger partial charge is 0.361 e. The van der Waals surface area contributed by atoms with Gasteiger partial charge >= 0.3 is 0 Å². The van der Waals surface area contributed by atoms with E-state index in [9.17, 15) is 0 Å². The summed E-state index contributed by atoms with van der Waals surface area (Å²) in [6, 6.07) is 13.7. The second-order valence-corrected chi connectivity index (χ2v) is 6.04. The normalized spacial score (nSPS) is 17.0. The monoisotopic (exact) mass is 344 g/mol. The maximum absolute atomic E-state index is 6.00. The zero-order valence-electron chi connectivity index (χ0n) is 12.7. The van der Waals surface area contributed by atoms with Gasteiger partial charge in [0, 0.05) is 24.2 Å². The number of hydrogen-bond acceptors (Lipinski definition) is 3. The number of hydrogen-bond donors (Lipinski definition) is 1. The number of nitrogens with one attached hydrogen (secondary N) is 1. The summed E-state index contributed by atoms with van der Waals surface area (Å²) in [6.45, 7) is 2.78. The number of thiocarbonyl (C=S) groups is 1. The van der Waals surface area contributed by atoms with Gasteiger partial charge in [0.15, 0.2) is 5.11 Å². The molecule has 1 N–H and O–H groups in total. The van der Waals surface area contributed by atoms with E-state index in [-0.39, 0.29) is 6.04 Å². The summed E-state index contributed by atoms with van der Waals surface area (Å²) in [6.07, 6.45) is 2.53. The minimum atomic E-state index is 0.0517. The third kappa shape index (κ3) is 3.51. The van der Waals surface area contributed by atoms with E-state index in [2.05, 4.69) is 10.3 Å². The molecule has 0 radical (unpaired) electrons. The second kappa shape index (κ2) is 7.06. The summed E-state index contributed by atoms with van der Waals surface area (Å²) >= 11 is 11.5. The van der Waals surface area contributed by atoms with Gasteiger partial charge < -0.3 is 5.32 Å². The van der Waals surface area contributed by atoms with Crippen LogP contribution in [0.15, 0.2) is 53.8 Å². The molecule has 1 aromatic heterocycles. The number of halogens is 1. The number of benzene rings is 1. The van der Waals surface area contributed by atoms with E-state index >= 15 is 0 Å². The van der Waals surface area contributed by atoms with Crippen LogP contribution in [0.1, 0.15) is 30.6 Å². The predicted octanol–water partition coefficient (Wildman–Crippen LogP) is 3.78. The Balaban J connectivity index is 1.92. The Hall–Kier alpha value is -1.98. The van der Waals surface area contributed by atoms with Crippen molar-refractivity contribution < 1.29 is 0 Å². The average Bonchev–Trinajstić information content (AvgIpc) is 3.02. The van der Waals surface area contributed by atoms with Crippen LogP contribution in [0.5, 0.6) is 0 Å². The van der Waals surface area contributed by atoms with E-state index in [0.717, 1.165) is 35.0 Å². The van der Waals surface area contributed by atoms with Crippen LogP contribution < -0.4 is 5.32 Å². The molecule has 1 aliphatic heterocycles. The molecule has 0 spiro atoms. The van der Waals surface area contributed by atoms with Crippen molar-refractivity contribution in [3.05, 3.63) is 64.9 Å². The molecular weight excluding hydrogens is 328 g/mol. The molecule has 1 aromatic carbocycles.